The van der Waals surface area contributed by atoms with Gasteiger partial charge < -0.3 is 14.8 Å². The van der Waals surface area contributed by atoms with E-state index in [2.05, 4.69) is 19.2 Å². The number of rotatable bonds is 7. The summed E-state index contributed by atoms with van der Waals surface area (Å²) < 4.78 is 10.3. The first-order valence-electron chi connectivity index (χ1n) is 6.44. The van der Waals surface area contributed by atoms with Crippen LogP contribution >= 0.6 is 0 Å². The fourth-order valence-electron chi connectivity index (χ4n) is 2.45. The van der Waals surface area contributed by atoms with E-state index in [0.717, 1.165) is 13.2 Å². The Morgan fingerprint density at radius 2 is 2.06 bits per heavy atom. The molecule has 0 aromatic heterocycles. The average Bonchev–Trinajstić information content (AvgIpc) is 2.22. The molecule has 0 aromatic carbocycles. The number of hydrogen-bond acceptors (Lipinski definition) is 3. The highest BCUT2D eigenvalue weighted by Crippen LogP contribution is 2.34. The van der Waals surface area contributed by atoms with Gasteiger partial charge in [0.15, 0.2) is 0 Å². The van der Waals surface area contributed by atoms with Crippen LogP contribution in [0.4, 0.5) is 0 Å². The van der Waals surface area contributed by atoms with Crippen LogP contribution in [0.25, 0.3) is 0 Å². The van der Waals surface area contributed by atoms with Crippen molar-refractivity contribution < 1.29 is 9.47 Å². The molecule has 0 bridgehead atoms. The van der Waals surface area contributed by atoms with E-state index in [-0.39, 0.29) is 0 Å². The van der Waals surface area contributed by atoms with Crippen molar-refractivity contribution in [2.75, 3.05) is 33.5 Å². The van der Waals surface area contributed by atoms with E-state index >= 15 is 0 Å². The molecule has 1 unspecified atom stereocenters. The van der Waals surface area contributed by atoms with Crippen molar-refractivity contribution in [3.05, 3.63) is 0 Å². The van der Waals surface area contributed by atoms with Crippen LogP contribution in [0.2, 0.25) is 0 Å². The molecule has 1 rings (SSSR count). The van der Waals surface area contributed by atoms with E-state index in [1.807, 2.05) is 0 Å². The Morgan fingerprint density at radius 1 is 1.25 bits per heavy atom. The molecule has 1 saturated carbocycles. The van der Waals surface area contributed by atoms with Crippen LogP contribution in [0.1, 0.15) is 39.5 Å². The van der Waals surface area contributed by atoms with E-state index in [9.17, 15) is 0 Å². The third-order valence-corrected chi connectivity index (χ3v) is 3.32. The van der Waals surface area contributed by atoms with Gasteiger partial charge in [-0.3, -0.25) is 0 Å². The molecule has 0 heterocycles. The van der Waals surface area contributed by atoms with Crippen LogP contribution < -0.4 is 5.32 Å². The average molecular weight is 229 g/mol. The van der Waals surface area contributed by atoms with E-state index in [1.165, 1.54) is 25.7 Å². The fourth-order valence-corrected chi connectivity index (χ4v) is 2.45. The lowest BCUT2D eigenvalue weighted by atomic mass is 9.75. The predicted molar refractivity (Wildman–Crippen MR) is 66.7 cm³/mol. The fraction of sp³-hybridized carbons (Fsp3) is 1.00. The third kappa shape index (κ3) is 5.83. The Kier molecular flexibility index (Phi) is 6.32. The summed E-state index contributed by atoms with van der Waals surface area (Å²) >= 11 is 0. The van der Waals surface area contributed by atoms with Crippen LogP contribution in [0.5, 0.6) is 0 Å². The molecular weight excluding hydrogens is 202 g/mol. The second-order valence-corrected chi connectivity index (χ2v) is 5.52. The van der Waals surface area contributed by atoms with Gasteiger partial charge in [0, 0.05) is 19.7 Å². The summed E-state index contributed by atoms with van der Waals surface area (Å²) in [6.07, 6.45) is 5.34. The molecule has 96 valence electrons. The normalized spacial score (nSPS) is 24.6. The minimum absolute atomic E-state index is 0.521. The number of ether oxygens (including phenoxy) is 2. The van der Waals surface area contributed by atoms with Crippen LogP contribution in [0, 0.1) is 5.41 Å². The maximum Gasteiger partial charge on any atom is 0.0700 e. The number of hydrogen-bond donors (Lipinski definition) is 1. The topological polar surface area (TPSA) is 30.5 Å². The van der Waals surface area contributed by atoms with Crippen LogP contribution in [0.15, 0.2) is 0 Å². The van der Waals surface area contributed by atoms with Gasteiger partial charge >= 0.3 is 0 Å². The van der Waals surface area contributed by atoms with Crippen molar-refractivity contribution in [3.8, 4) is 0 Å². The minimum Gasteiger partial charge on any atom is -0.382 e. The van der Waals surface area contributed by atoms with Crippen molar-refractivity contribution in [1.29, 1.82) is 0 Å². The molecule has 1 aliphatic carbocycles. The zero-order valence-corrected chi connectivity index (χ0v) is 11.1. The van der Waals surface area contributed by atoms with E-state index < -0.39 is 0 Å². The third-order valence-electron chi connectivity index (χ3n) is 3.32. The molecular formula is C13H27NO2. The highest BCUT2D eigenvalue weighted by Gasteiger charge is 2.27. The lowest BCUT2D eigenvalue weighted by Gasteiger charge is -2.35. The van der Waals surface area contributed by atoms with Gasteiger partial charge in [-0.2, -0.15) is 0 Å². The second-order valence-electron chi connectivity index (χ2n) is 5.52. The first-order valence-corrected chi connectivity index (χ1v) is 6.44. The molecule has 1 atom stereocenters. The molecule has 1 N–H and O–H groups in total. The van der Waals surface area contributed by atoms with Gasteiger partial charge in [-0.25, -0.2) is 0 Å². The maximum atomic E-state index is 5.43. The molecule has 0 radical (unpaired) electrons. The predicted octanol–water partition coefficient (Wildman–Crippen LogP) is 2.21. The Hall–Kier alpha value is -0.120. The Morgan fingerprint density at radius 3 is 2.75 bits per heavy atom. The van der Waals surface area contributed by atoms with Crippen molar-refractivity contribution in [1.82, 2.24) is 5.32 Å². The van der Waals surface area contributed by atoms with Gasteiger partial charge in [0.05, 0.1) is 19.8 Å². The molecule has 0 aliphatic heterocycles. The summed E-state index contributed by atoms with van der Waals surface area (Å²) in [6.45, 7) is 7.89. The van der Waals surface area contributed by atoms with Gasteiger partial charge in [0.25, 0.3) is 0 Å². The van der Waals surface area contributed by atoms with Crippen molar-refractivity contribution in [2.24, 2.45) is 5.41 Å². The SMILES string of the molecule is COCCOCCNC1CCCC(C)(C)C1. The molecule has 1 fully saturated rings. The van der Waals surface area contributed by atoms with Crippen LogP contribution in [-0.4, -0.2) is 39.5 Å². The number of nitrogens with one attached hydrogen (secondary N) is 1. The molecule has 0 amide bonds. The second kappa shape index (κ2) is 7.25. The largest absolute Gasteiger partial charge is 0.382 e. The summed E-state index contributed by atoms with van der Waals surface area (Å²) in [5.41, 5.74) is 0.521. The van der Waals surface area contributed by atoms with Gasteiger partial charge in [-0.1, -0.05) is 20.3 Å². The standard InChI is InChI=1S/C13H27NO2/c1-13(2)6-4-5-12(11-13)14-7-8-16-10-9-15-3/h12,14H,4-11H2,1-3H3. The Labute approximate surface area is 99.9 Å². The highest BCUT2D eigenvalue weighted by atomic mass is 16.5. The quantitative estimate of drug-likeness (QED) is 0.679. The Balaban J connectivity index is 2.00. The number of methoxy groups -OCH3 is 1. The first kappa shape index (κ1) is 13.9. The Bertz CT molecular complexity index is 183. The molecule has 16 heavy (non-hydrogen) atoms. The molecule has 0 aromatic rings. The summed E-state index contributed by atoms with van der Waals surface area (Å²) in [7, 11) is 1.70. The lowest BCUT2D eigenvalue weighted by molar-refractivity contribution is 0.0692. The first-order chi connectivity index (χ1) is 7.64. The summed E-state index contributed by atoms with van der Waals surface area (Å²) in [4.78, 5) is 0. The van der Waals surface area contributed by atoms with Crippen LogP contribution in [0.3, 0.4) is 0 Å². The molecule has 0 spiro atoms. The van der Waals surface area contributed by atoms with Crippen molar-refractivity contribution in [3.63, 3.8) is 0 Å². The van der Waals surface area contributed by atoms with Gasteiger partial charge in [-0.05, 0) is 24.7 Å². The zero-order valence-electron chi connectivity index (χ0n) is 11.1. The molecule has 1 aliphatic rings. The van der Waals surface area contributed by atoms with E-state index in [1.54, 1.807) is 7.11 Å². The molecule has 0 saturated heterocycles. The van der Waals surface area contributed by atoms with E-state index in [4.69, 9.17) is 9.47 Å². The van der Waals surface area contributed by atoms with Gasteiger partial charge in [0.1, 0.15) is 0 Å². The minimum atomic E-state index is 0.521. The highest BCUT2D eigenvalue weighted by molar-refractivity contribution is 4.83. The van der Waals surface area contributed by atoms with Gasteiger partial charge in [0.2, 0.25) is 0 Å². The summed E-state index contributed by atoms with van der Waals surface area (Å²) in [6, 6.07) is 0.690. The molecule has 3 nitrogen and oxygen atoms in total. The lowest BCUT2D eigenvalue weighted by Crippen LogP contribution is -2.38. The van der Waals surface area contributed by atoms with Gasteiger partial charge in [-0.15, -0.1) is 0 Å². The maximum absolute atomic E-state index is 5.43. The van der Waals surface area contributed by atoms with Crippen molar-refractivity contribution >= 4 is 0 Å². The zero-order chi connectivity index (χ0) is 11.9. The van der Waals surface area contributed by atoms with Crippen LogP contribution in [-0.2, 0) is 9.47 Å². The summed E-state index contributed by atoms with van der Waals surface area (Å²) in [5, 5.41) is 3.59. The monoisotopic (exact) mass is 229 g/mol. The summed E-state index contributed by atoms with van der Waals surface area (Å²) in [5.74, 6) is 0. The molecule has 3 heteroatoms. The van der Waals surface area contributed by atoms with E-state index in [0.29, 0.717) is 24.7 Å². The van der Waals surface area contributed by atoms with Crippen molar-refractivity contribution in [2.45, 2.75) is 45.6 Å². The smallest absolute Gasteiger partial charge is 0.0700 e.